The van der Waals surface area contributed by atoms with Crippen LogP contribution in [0.25, 0.3) is 0 Å². The van der Waals surface area contributed by atoms with Gasteiger partial charge < -0.3 is 4.98 Å². The number of aryl methyl sites for hydroxylation is 1. The van der Waals surface area contributed by atoms with Crippen LogP contribution in [0, 0.1) is 0 Å². The quantitative estimate of drug-likeness (QED) is 0.634. The Kier molecular flexibility index (Phi) is 3.55. The summed E-state index contributed by atoms with van der Waals surface area (Å²) in [5.41, 5.74) is 0. The number of nitrogens with one attached hydrogen (secondary N) is 3. The summed E-state index contributed by atoms with van der Waals surface area (Å²) in [7, 11) is -3.39. The van der Waals surface area contributed by atoms with Crippen LogP contribution in [0.15, 0.2) is 29.7 Å². The summed E-state index contributed by atoms with van der Waals surface area (Å²) in [6.07, 6.45) is 5.77. The fraction of sp³-hybridized carbons (Fsp3) is 0.333. The average molecular weight is 255 g/mol. The minimum Gasteiger partial charge on any atom is -0.366 e. The maximum Gasteiger partial charge on any atom is 0.242 e. The molecule has 0 bridgehead atoms. The molecule has 2 rings (SSSR count). The average Bonchev–Trinajstić information content (AvgIpc) is 2.97. The van der Waals surface area contributed by atoms with Gasteiger partial charge in [-0.2, -0.15) is 5.10 Å². The van der Waals surface area contributed by atoms with E-state index in [1.807, 2.05) is 0 Å². The van der Waals surface area contributed by atoms with Crippen molar-refractivity contribution in [2.24, 2.45) is 0 Å². The van der Waals surface area contributed by atoms with Crippen molar-refractivity contribution in [2.75, 3.05) is 6.54 Å². The Bertz CT molecular complexity index is 532. The van der Waals surface area contributed by atoms with E-state index in [1.165, 1.54) is 18.6 Å². The molecule has 92 valence electrons. The van der Waals surface area contributed by atoms with Crippen LogP contribution in [0.4, 0.5) is 0 Å². The zero-order chi connectivity index (χ0) is 12.1. The lowest BCUT2D eigenvalue weighted by molar-refractivity contribution is 0.578. The summed E-state index contributed by atoms with van der Waals surface area (Å²) in [5.74, 6) is 0.755. The highest BCUT2D eigenvalue weighted by molar-refractivity contribution is 7.89. The lowest BCUT2D eigenvalue weighted by atomic mass is 10.3. The summed E-state index contributed by atoms with van der Waals surface area (Å²) in [6.45, 7) is 0.369. The van der Waals surface area contributed by atoms with Gasteiger partial charge in [0.25, 0.3) is 0 Å². The van der Waals surface area contributed by atoms with Crippen LogP contribution in [0.3, 0.4) is 0 Å². The number of sulfonamides is 1. The third-order valence-corrected chi connectivity index (χ3v) is 3.69. The predicted octanol–water partition coefficient (Wildman–Crippen LogP) is 0.0439. The fourth-order valence-electron chi connectivity index (χ4n) is 1.37. The molecular weight excluding hydrogens is 242 g/mol. The van der Waals surface area contributed by atoms with Crippen LogP contribution >= 0.6 is 0 Å². The van der Waals surface area contributed by atoms with Gasteiger partial charge in [-0.15, -0.1) is 0 Å². The van der Waals surface area contributed by atoms with Crippen molar-refractivity contribution in [3.8, 4) is 0 Å². The number of H-pyrrole nitrogens is 2. The first-order valence-electron chi connectivity index (χ1n) is 5.15. The smallest absolute Gasteiger partial charge is 0.242 e. The van der Waals surface area contributed by atoms with Crippen molar-refractivity contribution in [1.82, 2.24) is 24.9 Å². The van der Waals surface area contributed by atoms with Gasteiger partial charge in [0.1, 0.15) is 12.2 Å². The molecule has 0 radical (unpaired) electrons. The number of rotatable bonds is 6. The Balaban J connectivity index is 1.79. The number of aromatic amines is 2. The highest BCUT2D eigenvalue weighted by atomic mass is 32.2. The molecule has 0 saturated carbocycles. The molecule has 0 fully saturated rings. The van der Waals surface area contributed by atoms with Gasteiger partial charge in [0, 0.05) is 25.4 Å². The second-order valence-electron chi connectivity index (χ2n) is 3.48. The Labute approximate surface area is 98.7 Å². The first-order chi connectivity index (χ1) is 8.18. The normalized spacial score (nSPS) is 11.8. The van der Waals surface area contributed by atoms with Gasteiger partial charge in [-0.3, -0.25) is 5.10 Å². The largest absolute Gasteiger partial charge is 0.366 e. The van der Waals surface area contributed by atoms with E-state index in [9.17, 15) is 8.42 Å². The van der Waals surface area contributed by atoms with Gasteiger partial charge in [0.05, 0.1) is 4.90 Å². The molecule has 7 nitrogen and oxygen atoms in total. The van der Waals surface area contributed by atoms with Crippen LogP contribution in [0.5, 0.6) is 0 Å². The fourth-order valence-corrected chi connectivity index (χ4v) is 2.42. The second-order valence-corrected chi connectivity index (χ2v) is 5.25. The van der Waals surface area contributed by atoms with E-state index >= 15 is 0 Å². The molecular formula is C9H13N5O2S. The van der Waals surface area contributed by atoms with Gasteiger partial charge in [-0.05, 0) is 12.5 Å². The minimum atomic E-state index is -3.39. The van der Waals surface area contributed by atoms with Gasteiger partial charge in [-0.25, -0.2) is 18.1 Å². The molecule has 17 heavy (non-hydrogen) atoms. The molecule has 8 heteroatoms. The zero-order valence-electron chi connectivity index (χ0n) is 9.05. The number of nitrogens with zero attached hydrogens (tertiary/aromatic N) is 2. The van der Waals surface area contributed by atoms with Gasteiger partial charge in [0.2, 0.25) is 10.0 Å². The van der Waals surface area contributed by atoms with E-state index in [0.717, 1.165) is 5.82 Å². The molecule has 0 aliphatic carbocycles. The van der Waals surface area contributed by atoms with E-state index in [4.69, 9.17) is 0 Å². The maximum absolute atomic E-state index is 11.7. The summed E-state index contributed by atoms with van der Waals surface area (Å²) < 4.78 is 25.9. The Morgan fingerprint density at radius 3 is 2.94 bits per heavy atom. The third kappa shape index (κ3) is 3.14. The van der Waals surface area contributed by atoms with E-state index in [0.29, 0.717) is 19.4 Å². The summed E-state index contributed by atoms with van der Waals surface area (Å²) >= 11 is 0. The molecule has 2 heterocycles. The molecule has 2 aromatic rings. The molecule has 3 N–H and O–H groups in total. The molecule has 0 spiro atoms. The topological polar surface area (TPSA) is 104 Å². The van der Waals surface area contributed by atoms with Crippen LogP contribution in [0.2, 0.25) is 0 Å². The molecule has 0 saturated heterocycles. The van der Waals surface area contributed by atoms with Gasteiger partial charge >= 0.3 is 0 Å². The van der Waals surface area contributed by atoms with Crippen LogP contribution in [0.1, 0.15) is 12.2 Å². The van der Waals surface area contributed by atoms with E-state index in [-0.39, 0.29) is 4.90 Å². The van der Waals surface area contributed by atoms with Crippen LogP contribution < -0.4 is 4.72 Å². The van der Waals surface area contributed by atoms with Crippen LogP contribution in [-0.4, -0.2) is 35.1 Å². The lowest BCUT2D eigenvalue weighted by Gasteiger charge is -2.03. The van der Waals surface area contributed by atoms with Crippen molar-refractivity contribution in [1.29, 1.82) is 0 Å². The van der Waals surface area contributed by atoms with E-state index in [2.05, 4.69) is 24.9 Å². The molecule has 0 atom stereocenters. The summed E-state index contributed by atoms with van der Waals surface area (Å²) in [4.78, 5) is 6.90. The van der Waals surface area contributed by atoms with Crippen molar-refractivity contribution in [3.63, 3.8) is 0 Å². The molecule has 0 aliphatic rings. The predicted molar refractivity (Wildman–Crippen MR) is 60.7 cm³/mol. The third-order valence-electron chi connectivity index (χ3n) is 2.23. The monoisotopic (exact) mass is 255 g/mol. The number of hydrogen-bond donors (Lipinski definition) is 3. The second kappa shape index (κ2) is 5.11. The van der Waals surface area contributed by atoms with E-state index < -0.39 is 10.0 Å². The highest BCUT2D eigenvalue weighted by Gasteiger charge is 2.12. The SMILES string of the molecule is O=S(=O)(NCCCc1ncn[nH]1)c1cc[nH]c1. The van der Waals surface area contributed by atoms with Crippen molar-refractivity contribution in [3.05, 3.63) is 30.6 Å². The molecule has 2 aromatic heterocycles. The first kappa shape index (κ1) is 11.8. The standard InChI is InChI=1S/C9H13N5O2S/c15-17(16,8-3-5-10-6-8)13-4-1-2-9-11-7-12-14-9/h3,5-7,10,13H,1-2,4H2,(H,11,12,14). The Morgan fingerprint density at radius 1 is 1.41 bits per heavy atom. The first-order valence-corrected chi connectivity index (χ1v) is 6.63. The number of aromatic nitrogens is 4. The van der Waals surface area contributed by atoms with Crippen LogP contribution in [-0.2, 0) is 16.4 Å². The van der Waals surface area contributed by atoms with Crippen molar-refractivity contribution >= 4 is 10.0 Å². The minimum absolute atomic E-state index is 0.247. The van der Waals surface area contributed by atoms with E-state index in [1.54, 1.807) is 6.20 Å². The summed E-state index contributed by atoms with van der Waals surface area (Å²) in [6, 6.07) is 1.51. The molecule has 0 aromatic carbocycles. The molecule has 0 amide bonds. The molecule has 0 aliphatic heterocycles. The van der Waals surface area contributed by atoms with Gasteiger partial charge in [0.15, 0.2) is 0 Å². The van der Waals surface area contributed by atoms with Crippen molar-refractivity contribution < 1.29 is 8.42 Å². The number of hydrogen-bond acceptors (Lipinski definition) is 4. The molecule has 0 unspecified atom stereocenters. The highest BCUT2D eigenvalue weighted by Crippen LogP contribution is 2.05. The van der Waals surface area contributed by atoms with Crippen molar-refractivity contribution in [2.45, 2.75) is 17.7 Å². The lowest BCUT2D eigenvalue weighted by Crippen LogP contribution is -2.24. The maximum atomic E-state index is 11.7. The zero-order valence-corrected chi connectivity index (χ0v) is 9.87. The van der Waals surface area contributed by atoms with Gasteiger partial charge in [-0.1, -0.05) is 0 Å². The Hall–Kier alpha value is -1.67. The summed E-state index contributed by atoms with van der Waals surface area (Å²) in [5, 5.41) is 6.43. The Morgan fingerprint density at radius 2 is 2.29 bits per heavy atom.